The highest BCUT2D eigenvalue weighted by Gasteiger charge is 2.22. The quantitative estimate of drug-likeness (QED) is 0.451. The molecule has 3 aromatic rings. The van der Waals surface area contributed by atoms with Crippen molar-refractivity contribution >= 4 is 28.9 Å². The maximum Gasteiger partial charge on any atom is 0.306 e. The molecule has 1 amide bonds. The van der Waals surface area contributed by atoms with Crippen molar-refractivity contribution in [2.24, 2.45) is 0 Å². The summed E-state index contributed by atoms with van der Waals surface area (Å²) in [4.78, 5) is 28.0. The highest BCUT2D eigenvalue weighted by Crippen LogP contribution is 2.35. The first-order valence-electron chi connectivity index (χ1n) is 10.9. The number of esters is 1. The molecule has 34 heavy (non-hydrogen) atoms. The molecule has 0 atom stereocenters. The molecule has 9 heteroatoms. The van der Waals surface area contributed by atoms with Gasteiger partial charge in [0.2, 0.25) is 6.79 Å². The van der Waals surface area contributed by atoms with Crippen molar-refractivity contribution < 1.29 is 33.3 Å². The maximum absolute atomic E-state index is 13.1. The average molecular weight is 482 g/mol. The molecule has 0 aliphatic carbocycles. The van der Waals surface area contributed by atoms with Crippen LogP contribution in [-0.4, -0.2) is 38.5 Å². The predicted molar refractivity (Wildman–Crippen MR) is 125 cm³/mol. The summed E-state index contributed by atoms with van der Waals surface area (Å²) in [7, 11) is 0. The van der Waals surface area contributed by atoms with Crippen LogP contribution in [0.4, 0.5) is 5.69 Å². The highest BCUT2D eigenvalue weighted by atomic mass is 32.1. The number of anilines is 1. The summed E-state index contributed by atoms with van der Waals surface area (Å²) in [6.45, 7) is 1.17. The third-order valence-electron chi connectivity index (χ3n) is 5.44. The minimum Gasteiger partial charge on any atom is -0.486 e. The lowest BCUT2D eigenvalue weighted by Crippen LogP contribution is -2.34. The minimum absolute atomic E-state index is 0.155. The Morgan fingerprint density at radius 1 is 0.912 bits per heavy atom. The fraction of sp³-hybridized carbons (Fsp3) is 0.280. The molecule has 8 nitrogen and oxygen atoms in total. The second-order valence-electron chi connectivity index (χ2n) is 7.74. The highest BCUT2D eigenvalue weighted by molar-refractivity contribution is 7.09. The topological polar surface area (TPSA) is 83.5 Å². The van der Waals surface area contributed by atoms with Crippen LogP contribution in [0.15, 0.2) is 53.9 Å². The number of hydrogen-bond acceptors (Lipinski definition) is 8. The van der Waals surface area contributed by atoms with Gasteiger partial charge in [0.1, 0.15) is 13.2 Å². The Labute approximate surface area is 200 Å². The first kappa shape index (κ1) is 22.1. The number of fused-ring (bicyclic) bond motifs is 2. The fourth-order valence-corrected chi connectivity index (χ4v) is 4.41. The molecule has 2 aliphatic rings. The van der Waals surface area contributed by atoms with Crippen LogP contribution in [0.25, 0.3) is 0 Å². The van der Waals surface area contributed by atoms with Crippen molar-refractivity contribution in [2.45, 2.75) is 19.4 Å². The van der Waals surface area contributed by atoms with Gasteiger partial charge in [-0.05, 0) is 47.7 Å². The number of carbonyl (C=O) groups excluding carboxylic acids is 2. The maximum atomic E-state index is 13.1. The number of aryl methyl sites for hydroxylation is 1. The van der Waals surface area contributed by atoms with E-state index in [0.29, 0.717) is 54.9 Å². The van der Waals surface area contributed by atoms with E-state index in [2.05, 4.69) is 0 Å². The van der Waals surface area contributed by atoms with E-state index >= 15 is 0 Å². The normalized spacial score (nSPS) is 13.4. The zero-order valence-corrected chi connectivity index (χ0v) is 19.2. The van der Waals surface area contributed by atoms with E-state index in [-0.39, 0.29) is 25.7 Å². The largest absolute Gasteiger partial charge is 0.486 e. The Morgan fingerprint density at radius 3 is 2.53 bits per heavy atom. The van der Waals surface area contributed by atoms with Gasteiger partial charge in [0.05, 0.1) is 6.54 Å². The van der Waals surface area contributed by atoms with E-state index < -0.39 is 5.97 Å². The summed E-state index contributed by atoms with van der Waals surface area (Å²) >= 11 is 1.55. The summed E-state index contributed by atoms with van der Waals surface area (Å²) in [5.74, 6) is 1.85. The van der Waals surface area contributed by atoms with Crippen LogP contribution in [-0.2, 0) is 27.3 Å². The Hall–Kier alpha value is -3.72. The van der Waals surface area contributed by atoms with Crippen molar-refractivity contribution in [3.8, 4) is 23.0 Å². The molecule has 0 spiro atoms. The molecule has 0 bridgehead atoms. The molecule has 0 N–H and O–H groups in total. The zero-order valence-electron chi connectivity index (χ0n) is 18.4. The molecule has 0 saturated carbocycles. The minimum atomic E-state index is -0.440. The van der Waals surface area contributed by atoms with Crippen molar-refractivity contribution in [2.75, 3.05) is 31.5 Å². The van der Waals surface area contributed by atoms with E-state index in [9.17, 15) is 9.59 Å². The molecule has 0 fully saturated rings. The first-order valence-corrected chi connectivity index (χ1v) is 11.8. The van der Waals surface area contributed by atoms with Crippen LogP contribution in [0.2, 0.25) is 0 Å². The Kier molecular flexibility index (Phi) is 6.53. The van der Waals surface area contributed by atoms with Gasteiger partial charge in [-0.25, -0.2) is 0 Å². The van der Waals surface area contributed by atoms with Gasteiger partial charge in [-0.1, -0.05) is 12.1 Å². The van der Waals surface area contributed by atoms with E-state index in [1.807, 2.05) is 35.7 Å². The molecule has 5 rings (SSSR count). The molecule has 176 valence electrons. The Morgan fingerprint density at radius 2 is 1.68 bits per heavy atom. The number of amides is 1. The number of benzene rings is 2. The summed E-state index contributed by atoms with van der Waals surface area (Å²) in [6, 6.07) is 14.8. The van der Waals surface area contributed by atoms with Crippen LogP contribution in [0.1, 0.15) is 16.9 Å². The number of ether oxygens (including phenoxy) is 5. The molecule has 0 saturated heterocycles. The standard InChI is InChI=1S/C25H23NO7S/c27-24(15-31-25(28)8-4-17-3-6-21-22(12-17)33-16-32-21)26(14-19-2-1-11-34-19)18-5-7-20-23(13-18)30-10-9-29-20/h1-3,5-7,11-13H,4,8-10,14-16H2. The van der Waals surface area contributed by atoms with Gasteiger partial charge in [-0.15, -0.1) is 11.3 Å². The zero-order chi connectivity index (χ0) is 23.3. The van der Waals surface area contributed by atoms with Gasteiger partial charge in [-0.2, -0.15) is 0 Å². The lowest BCUT2D eigenvalue weighted by molar-refractivity contribution is -0.147. The van der Waals surface area contributed by atoms with E-state index in [1.54, 1.807) is 34.4 Å². The molecular weight excluding hydrogens is 458 g/mol. The number of carbonyl (C=O) groups is 2. The van der Waals surface area contributed by atoms with Gasteiger partial charge in [0, 0.05) is 23.1 Å². The number of rotatable bonds is 8. The average Bonchev–Trinajstić information content (AvgIpc) is 3.56. The molecule has 2 aromatic carbocycles. The molecular formula is C25H23NO7S. The van der Waals surface area contributed by atoms with Crippen LogP contribution < -0.4 is 23.8 Å². The van der Waals surface area contributed by atoms with Crippen LogP contribution in [0.3, 0.4) is 0 Å². The second-order valence-corrected chi connectivity index (χ2v) is 8.77. The van der Waals surface area contributed by atoms with Crippen molar-refractivity contribution in [1.29, 1.82) is 0 Å². The monoisotopic (exact) mass is 481 g/mol. The summed E-state index contributed by atoms with van der Waals surface area (Å²) in [5, 5.41) is 1.96. The third kappa shape index (κ3) is 5.09. The SMILES string of the molecule is O=C(CCc1ccc2c(c1)OCO2)OCC(=O)N(Cc1cccs1)c1ccc2c(c1)OCCO2. The molecule has 3 heterocycles. The molecule has 2 aliphatic heterocycles. The molecule has 0 unspecified atom stereocenters. The lowest BCUT2D eigenvalue weighted by Gasteiger charge is -2.25. The van der Waals surface area contributed by atoms with E-state index in [4.69, 9.17) is 23.7 Å². The number of hydrogen-bond donors (Lipinski definition) is 0. The number of thiophene rings is 1. The first-order chi connectivity index (χ1) is 16.7. The van der Waals surface area contributed by atoms with Crippen LogP contribution in [0, 0.1) is 0 Å². The van der Waals surface area contributed by atoms with Gasteiger partial charge in [0.15, 0.2) is 29.6 Å². The smallest absolute Gasteiger partial charge is 0.306 e. The van der Waals surface area contributed by atoms with Gasteiger partial charge >= 0.3 is 5.97 Å². The third-order valence-corrected chi connectivity index (χ3v) is 6.31. The van der Waals surface area contributed by atoms with Gasteiger partial charge in [0.25, 0.3) is 5.91 Å². The van der Waals surface area contributed by atoms with Crippen molar-refractivity contribution in [3.63, 3.8) is 0 Å². The van der Waals surface area contributed by atoms with E-state index in [0.717, 1.165) is 10.4 Å². The second kappa shape index (κ2) is 10.0. The van der Waals surface area contributed by atoms with E-state index in [1.165, 1.54) is 0 Å². The Balaban J connectivity index is 1.21. The summed E-state index contributed by atoms with van der Waals surface area (Å²) < 4.78 is 27.2. The van der Waals surface area contributed by atoms with Crippen LogP contribution >= 0.6 is 11.3 Å². The van der Waals surface area contributed by atoms with Crippen molar-refractivity contribution in [3.05, 3.63) is 64.4 Å². The van der Waals surface area contributed by atoms with Gasteiger partial charge < -0.3 is 28.6 Å². The number of nitrogens with zero attached hydrogens (tertiary/aromatic N) is 1. The van der Waals surface area contributed by atoms with Gasteiger partial charge in [-0.3, -0.25) is 9.59 Å². The molecule has 1 aromatic heterocycles. The summed E-state index contributed by atoms with van der Waals surface area (Å²) in [5.41, 5.74) is 1.59. The lowest BCUT2D eigenvalue weighted by atomic mass is 10.1. The van der Waals surface area contributed by atoms with Crippen LogP contribution in [0.5, 0.6) is 23.0 Å². The fourth-order valence-electron chi connectivity index (χ4n) is 3.72. The summed E-state index contributed by atoms with van der Waals surface area (Å²) in [6.07, 6.45) is 0.632. The van der Waals surface area contributed by atoms with Crippen molar-refractivity contribution in [1.82, 2.24) is 0 Å². The predicted octanol–water partition coefficient (Wildman–Crippen LogP) is 3.96. The Bertz CT molecular complexity index is 1180. The molecule has 0 radical (unpaired) electrons.